The van der Waals surface area contributed by atoms with Gasteiger partial charge in [0.05, 0.1) is 0 Å². The summed E-state index contributed by atoms with van der Waals surface area (Å²) in [5.74, 6) is 0.807. The van der Waals surface area contributed by atoms with Crippen molar-refractivity contribution < 1.29 is 0 Å². The molecule has 1 fully saturated rings. The molecule has 0 aromatic carbocycles. The lowest BCUT2D eigenvalue weighted by molar-refractivity contribution is 0.402. The van der Waals surface area contributed by atoms with Crippen LogP contribution in [0.1, 0.15) is 26.7 Å². The minimum absolute atomic E-state index is 0.706. The highest BCUT2D eigenvalue weighted by atomic mass is 15.0. The maximum absolute atomic E-state index is 3.53. The standard InChI is InChI=1S/C9H20N2/c1-7(2)6-9-8(10-3)4-5-11-9/h7-11H,4-6H2,1-3H3. The molecule has 1 aliphatic heterocycles. The normalized spacial score (nSPS) is 31.6. The summed E-state index contributed by atoms with van der Waals surface area (Å²) >= 11 is 0. The molecule has 11 heavy (non-hydrogen) atoms. The van der Waals surface area contributed by atoms with Crippen LogP contribution in [0.2, 0.25) is 0 Å². The van der Waals surface area contributed by atoms with E-state index in [1.165, 1.54) is 19.4 Å². The Balaban J connectivity index is 2.31. The molecule has 2 unspecified atom stereocenters. The molecular formula is C9H20N2. The average molecular weight is 156 g/mol. The van der Waals surface area contributed by atoms with Crippen LogP contribution < -0.4 is 10.6 Å². The fourth-order valence-electron chi connectivity index (χ4n) is 1.87. The molecule has 0 aliphatic carbocycles. The summed E-state index contributed by atoms with van der Waals surface area (Å²) in [5, 5.41) is 6.88. The van der Waals surface area contributed by atoms with Gasteiger partial charge in [0.1, 0.15) is 0 Å². The third kappa shape index (κ3) is 2.46. The highest BCUT2D eigenvalue weighted by Gasteiger charge is 2.25. The van der Waals surface area contributed by atoms with E-state index in [-0.39, 0.29) is 0 Å². The summed E-state index contributed by atoms with van der Waals surface area (Å²) < 4.78 is 0. The van der Waals surface area contributed by atoms with Crippen molar-refractivity contribution in [2.24, 2.45) is 5.92 Å². The first kappa shape index (κ1) is 9.01. The molecule has 2 heteroatoms. The second-order valence-electron chi connectivity index (χ2n) is 3.87. The van der Waals surface area contributed by atoms with Gasteiger partial charge in [-0.2, -0.15) is 0 Å². The molecule has 0 spiro atoms. The van der Waals surface area contributed by atoms with Crippen molar-refractivity contribution in [2.75, 3.05) is 13.6 Å². The molecule has 1 rings (SSSR count). The fourth-order valence-corrected chi connectivity index (χ4v) is 1.87. The highest BCUT2D eigenvalue weighted by molar-refractivity contribution is 4.88. The van der Waals surface area contributed by atoms with Gasteiger partial charge in [-0.25, -0.2) is 0 Å². The summed E-state index contributed by atoms with van der Waals surface area (Å²) in [5.41, 5.74) is 0. The van der Waals surface area contributed by atoms with E-state index in [1.54, 1.807) is 0 Å². The zero-order chi connectivity index (χ0) is 8.27. The van der Waals surface area contributed by atoms with Gasteiger partial charge in [0, 0.05) is 12.1 Å². The van der Waals surface area contributed by atoms with Crippen LogP contribution in [0.4, 0.5) is 0 Å². The Labute approximate surface area is 69.8 Å². The lowest BCUT2D eigenvalue weighted by Crippen LogP contribution is -2.39. The predicted octanol–water partition coefficient (Wildman–Crippen LogP) is 0.982. The highest BCUT2D eigenvalue weighted by Crippen LogP contribution is 2.14. The van der Waals surface area contributed by atoms with Crippen LogP contribution in [-0.4, -0.2) is 25.7 Å². The van der Waals surface area contributed by atoms with E-state index in [0.717, 1.165) is 5.92 Å². The van der Waals surface area contributed by atoms with Crippen LogP contribution in [0.3, 0.4) is 0 Å². The van der Waals surface area contributed by atoms with Gasteiger partial charge in [-0.1, -0.05) is 13.8 Å². The van der Waals surface area contributed by atoms with Gasteiger partial charge in [-0.05, 0) is 32.4 Å². The Hall–Kier alpha value is -0.0800. The third-order valence-electron chi connectivity index (χ3n) is 2.44. The minimum atomic E-state index is 0.706. The zero-order valence-corrected chi connectivity index (χ0v) is 7.85. The van der Waals surface area contributed by atoms with Crippen molar-refractivity contribution >= 4 is 0 Å². The lowest BCUT2D eigenvalue weighted by Gasteiger charge is -2.20. The first-order chi connectivity index (χ1) is 5.24. The summed E-state index contributed by atoms with van der Waals surface area (Å²) in [6.07, 6.45) is 2.58. The van der Waals surface area contributed by atoms with Gasteiger partial charge in [0.15, 0.2) is 0 Å². The lowest BCUT2D eigenvalue weighted by atomic mass is 9.99. The Morgan fingerprint density at radius 1 is 1.55 bits per heavy atom. The van der Waals surface area contributed by atoms with E-state index < -0.39 is 0 Å². The molecule has 0 saturated carbocycles. The van der Waals surface area contributed by atoms with Gasteiger partial charge in [-0.3, -0.25) is 0 Å². The van der Waals surface area contributed by atoms with Crippen LogP contribution in [0.25, 0.3) is 0 Å². The first-order valence-electron chi connectivity index (χ1n) is 4.64. The van der Waals surface area contributed by atoms with E-state index in [0.29, 0.717) is 12.1 Å². The predicted molar refractivity (Wildman–Crippen MR) is 48.7 cm³/mol. The van der Waals surface area contributed by atoms with Crippen LogP contribution >= 0.6 is 0 Å². The summed E-state index contributed by atoms with van der Waals surface area (Å²) in [6.45, 7) is 5.75. The molecule has 0 aromatic heterocycles. The summed E-state index contributed by atoms with van der Waals surface area (Å²) in [6, 6.07) is 1.41. The Kier molecular flexibility index (Phi) is 3.34. The van der Waals surface area contributed by atoms with Crippen molar-refractivity contribution in [1.82, 2.24) is 10.6 Å². The van der Waals surface area contributed by atoms with Gasteiger partial charge >= 0.3 is 0 Å². The Bertz CT molecular complexity index is 112. The van der Waals surface area contributed by atoms with Crippen molar-refractivity contribution in [1.29, 1.82) is 0 Å². The van der Waals surface area contributed by atoms with Crippen molar-refractivity contribution in [3.05, 3.63) is 0 Å². The summed E-state index contributed by atoms with van der Waals surface area (Å²) in [4.78, 5) is 0. The van der Waals surface area contributed by atoms with Crippen molar-refractivity contribution in [3.8, 4) is 0 Å². The number of likely N-dealkylation sites (N-methyl/N-ethyl adjacent to an activating group) is 1. The van der Waals surface area contributed by atoms with E-state index in [4.69, 9.17) is 0 Å². The molecule has 1 saturated heterocycles. The number of rotatable bonds is 3. The average Bonchev–Trinajstić information content (AvgIpc) is 2.34. The maximum Gasteiger partial charge on any atom is 0.0230 e. The third-order valence-corrected chi connectivity index (χ3v) is 2.44. The number of hydrogen-bond donors (Lipinski definition) is 2. The van der Waals surface area contributed by atoms with Gasteiger partial charge in [0.25, 0.3) is 0 Å². The minimum Gasteiger partial charge on any atom is -0.315 e. The zero-order valence-electron chi connectivity index (χ0n) is 7.85. The Morgan fingerprint density at radius 2 is 2.27 bits per heavy atom. The molecule has 2 atom stereocenters. The van der Waals surface area contributed by atoms with Crippen molar-refractivity contribution in [3.63, 3.8) is 0 Å². The van der Waals surface area contributed by atoms with Gasteiger partial charge in [0.2, 0.25) is 0 Å². The van der Waals surface area contributed by atoms with Crippen LogP contribution in [-0.2, 0) is 0 Å². The van der Waals surface area contributed by atoms with Crippen molar-refractivity contribution in [2.45, 2.75) is 38.8 Å². The largest absolute Gasteiger partial charge is 0.315 e. The van der Waals surface area contributed by atoms with E-state index in [1.807, 2.05) is 0 Å². The molecule has 2 N–H and O–H groups in total. The Morgan fingerprint density at radius 3 is 2.82 bits per heavy atom. The number of nitrogens with one attached hydrogen (secondary N) is 2. The van der Waals surface area contributed by atoms with E-state index in [9.17, 15) is 0 Å². The quantitative estimate of drug-likeness (QED) is 0.636. The monoisotopic (exact) mass is 156 g/mol. The molecule has 0 bridgehead atoms. The topological polar surface area (TPSA) is 24.1 Å². The second kappa shape index (κ2) is 4.07. The molecule has 1 aliphatic rings. The molecule has 66 valence electrons. The summed E-state index contributed by atoms with van der Waals surface area (Å²) in [7, 11) is 2.06. The van der Waals surface area contributed by atoms with Crippen LogP contribution in [0.5, 0.6) is 0 Å². The molecule has 2 nitrogen and oxygen atoms in total. The number of hydrogen-bond acceptors (Lipinski definition) is 2. The van der Waals surface area contributed by atoms with Crippen LogP contribution in [0, 0.1) is 5.92 Å². The van der Waals surface area contributed by atoms with E-state index in [2.05, 4.69) is 31.5 Å². The molecule has 1 heterocycles. The first-order valence-corrected chi connectivity index (χ1v) is 4.64. The maximum atomic E-state index is 3.53. The SMILES string of the molecule is CNC1CCNC1CC(C)C. The van der Waals surface area contributed by atoms with E-state index >= 15 is 0 Å². The second-order valence-corrected chi connectivity index (χ2v) is 3.87. The smallest absolute Gasteiger partial charge is 0.0230 e. The molecule has 0 amide bonds. The molecule has 0 aromatic rings. The van der Waals surface area contributed by atoms with Gasteiger partial charge < -0.3 is 10.6 Å². The van der Waals surface area contributed by atoms with Crippen LogP contribution in [0.15, 0.2) is 0 Å². The van der Waals surface area contributed by atoms with Gasteiger partial charge in [-0.15, -0.1) is 0 Å². The molecule has 0 radical (unpaired) electrons. The molecular weight excluding hydrogens is 136 g/mol. The fraction of sp³-hybridized carbons (Fsp3) is 1.00.